The second-order valence-corrected chi connectivity index (χ2v) is 3.98. The van der Waals surface area contributed by atoms with E-state index in [4.69, 9.17) is 0 Å². The Morgan fingerprint density at radius 3 is 2.87 bits per heavy atom. The van der Waals surface area contributed by atoms with Gasteiger partial charge in [-0.3, -0.25) is 4.79 Å². The highest BCUT2D eigenvalue weighted by molar-refractivity contribution is 5.92. The lowest BCUT2D eigenvalue weighted by Gasteiger charge is -2.07. The third-order valence-electron chi connectivity index (χ3n) is 2.58. The van der Waals surface area contributed by atoms with Crippen molar-refractivity contribution in [3.8, 4) is 0 Å². The van der Waals surface area contributed by atoms with Crippen LogP contribution in [-0.2, 0) is 11.3 Å². The predicted octanol–water partition coefficient (Wildman–Crippen LogP) is 2.33. The van der Waals surface area contributed by atoms with Crippen LogP contribution in [0.4, 0.5) is 0 Å². The maximum absolute atomic E-state index is 11.0. The molecule has 0 fully saturated rings. The Balaban J connectivity index is 1.93. The molecule has 2 nitrogen and oxygen atoms in total. The molecule has 1 aliphatic rings. The van der Waals surface area contributed by atoms with Gasteiger partial charge in [0.1, 0.15) is 0 Å². The second-order valence-electron chi connectivity index (χ2n) is 3.98. The Hall–Kier alpha value is -1.57. The SMILES string of the molecule is Cc1cccc(CNC2=CC(=O)CC2)c1. The molecule has 1 aromatic rings. The normalized spacial score (nSPS) is 15.3. The molecule has 15 heavy (non-hydrogen) atoms. The molecular formula is C13H15NO. The summed E-state index contributed by atoms with van der Waals surface area (Å²) in [6, 6.07) is 8.39. The van der Waals surface area contributed by atoms with Crippen LogP contribution in [0, 0.1) is 6.92 Å². The van der Waals surface area contributed by atoms with Crippen molar-refractivity contribution in [1.29, 1.82) is 0 Å². The highest BCUT2D eigenvalue weighted by Gasteiger charge is 2.10. The number of carbonyl (C=O) groups is 1. The molecule has 0 unspecified atom stereocenters. The molecule has 0 bridgehead atoms. The van der Waals surface area contributed by atoms with Crippen molar-refractivity contribution < 1.29 is 4.79 Å². The zero-order valence-corrected chi connectivity index (χ0v) is 8.92. The summed E-state index contributed by atoms with van der Waals surface area (Å²) in [4.78, 5) is 11.0. The highest BCUT2D eigenvalue weighted by Crippen LogP contribution is 2.13. The average Bonchev–Trinajstić information content (AvgIpc) is 2.62. The third-order valence-corrected chi connectivity index (χ3v) is 2.58. The minimum atomic E-state index is 0.238. The smallest absolute Gasteiger partial charge is 0.157 e. The first-order valence-corrected chi connectivity index (χ1v) is 5.27. The average molecular weight is 201 g/mol. The molecule has 0 heterocycles. The van der Waals surface area contributed by atoms with Crippen LogP contribution in [0.15, 0.2) is 36.0 Å². The maximum atomic E-state index is 11.0. The summed E-state index contributed by atoms with van der Waals surface area (Å²) < 4.78 is 0. The van der Waals surface area contributed by atoms with E-state index >= 15 is 0 Å². The summed E-state index contributed by atoms with van der Waals surface area (Å²) in [5, 5.41) is 3.30. The van der Waals surface area contributed by atoms with E-state index in [1.165, 1.54) is 11.1 Å². The van der Waals surface area contributed by atoms with Crippen LogP contribution in [0.3, 0.4) is 0 Å². The summed E-state index contributed by atoms with van der Waals surface area (Å²) >= 11 is 0. The number of benzene rings is 1. The molecule has 0 saturated heterocycles. The van der Waals surface area contributed by atoms with Crippen LogP contribution in [0.2, 0.25) is 0 Å². The van der Waals surface area contributed by atoms with Crippen LogP contribution >= 0.6 is 0 Å². The zero-order valence-electron chi connectivity index (χ0n) is 8.92. The van der Waals surface area contributed by atoms with E-state index in [0.717, 1.165) is 18.7 Å². The minimum absolute atomic E-state index is 0.238. The molecule has 2 rings (SSSR count). The number of nitrogens with one attached hydrogen (secondary N) is 1. The number of rotatable bonds is 3. The van der Waals surface area contributed by atoms with Gasteiger partial charge in [-0.2, -0.15) is 0 Å². The second kappa shape index (κ2) is 4.30. The van der Waals surface area contributed by atoms with Gasteiger partial charge in [-0.05, 0) is 18.9 Å². The fourth-order valence-electron chi connectivity index (χ4n) is 1.77. The summed E-state index contributed by atoms with van der Waals surface area (Å²) in [5.74, 6) is 0.238. The van der Waals surface area contributed by atoms with Gasteiger partial charge in [0.25, 0.3) is 0 Å². The molecule has 0 atom stereocenters. The van der Waals surface area contributed by atoms with E-state index in [0.29, 0.717) is 6.42 Å². The molecule has 0 amide bonds. The highest BCUT2D eigenvalue weighted by atomic mass is 16.1. The quantitative estimate of drug-likeness (QED) is 0.813. The van der Waals surface area contributed by atoms with Crippen molar-refractivity contribution in [2.45, 2.75) is 26.3 Å². The van der Waals surface area contributed by atoms with Gasteiger partial charge in [0, 0.05) is 24.7 Å². The van der Waals surface area contributed by atoms with Gasteiger partial charge in [-0.1, -0.05) is 29.8 Å². The van der Waals surface area contributed by atoms with Gasteiger partial charge in [-0.15, -0.1) is 0 Å². The maximum Gasteiger partial charge on any atom is 0.157 e. The fourth-order valence-corrected chi connectivity index (χ4v) is 1.77. The van der Waals surface area contributed by atoms with E-state index in [2.05, 4.69) is 36.5 Å². The molecule has 1 aromatic carbocycles. The first-order chi connectivity index (χ1) is 7.24. The monoisotopic (exact) mass is 201 g/mol. The summed E-state index contributed by atoms with van der Waals surface area (Å²) in [6.07, 6.45) is 3.25. The Labute approximate surface area is 90.0 Å². The van der Waals surface area contributed by atoms with Crippen LogP contribution in [-0.4, -0.2) is 5.78 Å². The van der Waals surface area contributed by atoms with Crippen molar-refractivity contribution in [1.82, 2.24) is 5.32 Å². The van der Waals surface area contributed by atoms with Crippen molar-refractivity contribution in [3.63, 3.8) is 0 Å². The number of allylic oxidation sites excluding steroid dienone is 2. The lowest BCUT2D eigenvalue weighted by molar-refractivity contribution is -0.114. The molecule has 0 saturated carbocycles. The molecule has 0 aliphatic heterocycles. The Bertz CT molecular complexity index is 407. The van der Waals surface area contributed by atoms with Crippen LogP contribution in [0.1, 0.15) is 24.0 Å². The molecule has 0 radical (unpaired) electrons. The molecule has 1 aliphatic carbocycles. The molecule has 0 aromatic heterocycles. The van der Waals surface area contributed by atoms with E-state index < -0.39 is 0 Å². The molecule has 2 heteroatoms. The van der Waals surface area contributed by atoms with Crippen molar-refractivity contribution in [2.24, 2.45) is 0 Å². The van der Waals surface area contributed by atoms with Crippen molar-refractivity contribution >= 4 is 5.78 Å². The third kappa shape index (κ3) is 2.69. The van der Waals surface area contributed by atoms with E-state index in [9.17, 15) is 4.79 Å². The van der Waals surface area contributed by atoms with Gasteiger partial charge in [0.05, 0.1) is 0 Å². The topological polar surface area (TPSA) is 29.1 Å². The number of aryl methyl sites for hydroxylation is 1. The van der Waals surface area contributed by atoms with Gasteiger partial charge >= 0.3 is 0 Å². The molecular weight excluding hydrogens is 186 g/mol. The van der Waals surface area contributed by atoms with E-state index in [-0.39, 0.29) is 5.78 Å². The number of ketones is 1. The van der Waals surface area contributed by atoms with Crippen molar-refractivity contribution in [3.05, 3.63) is 47.2 Å². The van der Waals surface area contributed by atoms with Gasteiger partial charge in [0.15, 0.2) is 5.78 Å². The summed E-state index contributed by atoms with van der Waals surface area (Å²) in [5.41, 5.74) is 3.60. The van der Waals surface area contributed by atoms with E-state index in [1.807, 2.05) is 0 Å². The number of hydrogen-bond acceptors (Lipinski definition) is 2. The van der Waals surface area contributed by atoms with Crippen LogP contribution in [0.5, 0.6) is 0 Å². The standard InChI is InChI=1S/C13H15NO/c1-10-3-2-4-11(7-10)9-14-12-5-6-13(15)8-12/h2-4,7-8,14H,5-6,9H2,1H3. The largest absolute Gasteiger partial charge is 0.384 e. The number of hydrogen-bond donors (Lipinski definition) is 1. The van der Waals surface area contributed by atoms with Gasteiger partial charge in [0.2, 0.25) is 0 Å². The summed E-state index contributed by atoms with van der Waals surface area (Å²) in [6.45, 7) is 2.89. The molecule has 0 spiro atoms. The minimum Gasteiger partial charge on any atom is -0.384 e. The summed E-state index contributed by atoms with van der Waals surface area (Å²) in [7, 11) is 0. The van der Waals surface area contributed by atoms with Gasteiger partial charge < -0.3 is 5.32 Å². The molecule has 1 N–H and O–H groups in total. The van der Waals surface area contributed by atoms with E-state index in [1.54, 1.807) is 6.08 Å². The lowest BCUT2D eigenvalue weighted by atomic mass is 10.1. The Morgan fingerprint density at radius 2 is 2.20 bits per heavy atom. The van der Waals surface area contributed by atoms with Gasteiger partial charge in [-0.25, -0.2) is 0 Å². The van der Waals surface area contributed by atoms with Crippen LogP contribution in [0.25, 0.3) is 0 Å². The van der Waals surface area contributed by atoms with Crippen molar-refractivity contribution in [2.75, 3.05) is 0 Å². The Kier molecular flexibility index (Phi) is 2.86. The zero-order chi connectivity index (χ0) is 10.7. The molecule has 78 valence electrons. The fraction of sp³-hybridized carbons (Fsp3) is 0.308. The first-order valence-electron chi connectivity index (χ1n) is 5.27. The van der Waals surface area contributed by atoms with Crippen LogP contribution < -0.4 is 5.32 Å². The Morgan fingerprint density at radius 1 is 1.33 bits per heavy atom. The first kappa shape index (κ1) is 9.97. The number of carbonyl (C=O) groups excluding carboxylic acids is 1. The predicted molar refractivity (Wildman–Crippen MR) is 60.3 cm³/mol. The lowest BCUT2D eigenvalue weighted by Crippen LogP contribution is -2.11.